The molecule has 1 saturated carbocycles. The number of pyridine rings is 1. The number of nitrogens with zero attached hydrogens (tertiary/aromatic N) is 6. The van der Waals surface area contributed by atoms with Crippen LogP contribution < -0.4 is 4.74 Å². The highest BCUT2D eigenvalue weighted by Crippen LogP contribution is 2.50. The number of hydrogen-bond acceptors (Lipinski definition) is 8. The van der Waals surface area contributed by atoms with Gasteiger partial charge in [0, 0.05) is 42.0 Å². The molecule has 1 aliphatic carbocycles. The summed E-state index contributed by atoms with van der Waals surface area (Å²) in [5, 5.41) is 28.5. The average Bonchev–Trinajstić information content (AvgIpc) is 3.77. The van der Waals surface area contributed by atoms with Gasteiger partial charge in [-0.1, -0.05) is 24.3 Å². The standard InChI is InChI=1S/C36H27FN6O3/c1-45-35(44)26-9-10-31-32(17-26)43(22-36(11-12-36)13-14-38)33(41-31)18-24-7-8-25(16-28(24)20-40)30-3-2-4-34(42-30)46-21-27-6-5-23(19-39)15-29(27)37/h2-10,15-17H,11-13,18,21-22H2,1H3. The Morgan fingerprint density at radius 3 is 2.52 bits per heavy atom. The fourth-order valence-corrected chi connectivity index (χ4v) is 5.51. The minimum absolute atomic E-state index is 0.0614. The number of hydrogen-bond donors (Lipinski definition) is 0. The lowest BCUT2D eigenvalue weighted by Gasteiger charge is -2.16. The van der Waals surface area contributed by atoms with E-state index in [2.05, 4.69) is 21.7 Å². The monoisotopic (exact) mass is 610 g/mol. The molecular formula is C36H27FN6O3. The van der Waals surface area contributed by atoms with Crippen molar-refractivity contribution in [1.82, 2.24) is 14.5 Å². The molecule has 0 atom stereocenters. The third-order valence-corrected chi connectivity index (χ3v) is 8.31. The molecule has 3 aromatic carbocycles. The van der Waals surface area contributed by atoms with Crippen LogP contribution in [0.5, 0.6) is 5.88 Å². The first-order valence-corrected chi connectivity index (χ1v) is 14.6. The largest absolute Gasteiger partial charge is 0.473 e. The van der Waals surface area contributed by atoms with Gasteiger partial charge in [0.2, 0.25) is 5.88 Å². The molecule has 0 unspecified atom stereocenters. The number of ether oxygens (including phenoxy) is 2. The van der Waals surface area contributed by atoms with Gasteiger partial charge in [-0.2, -0.15) is 15.8 Å². The van der Waals surface area contributed by atoms with E-state index in [9.17, 15) is 19.7 Å². The van der Waals surface area contributed by atoms with Gasteiger partial charge in [0.1, 0.15) is 18.2 Å². The van der Waals surface area contributed by atoms with Crippen LogP contribution >= 0.6 is 0 Å². The molecule has 0 saturated heterocycles. The topological polar surface area (TPSA) is 138 Å². The molecule has 0 spiro atoms. The van der Waals surface area contributed by atoms with E-state index < -0.39 is 11.8 Å². The van der Waals surface area contributed by atoms with Crippen LogP contribution in [0.1, 0.15) is 57.7 Å². The Bertz CT molecular complexity index is 2110. The van der Waals surface area contributed by atoms with Gasteiger partial charge in [-0.3, -0.25) is 0 Å². The Balaban J connectivity index is 1.28. The van der Waals surface area contributed by atoms with Gasteiger partial charge in [-0.25, -0.2) is 19.2 Å². The van der Waals surface area contributed by atoms with Crippen molar-refractivity contribution in [2.24, 2.45) is 5.41 Å². The van der Waals surface area contributed by atoms with Crippen LogP contribution in [-0.4, -0.2) is 27.6 Å². The van der Waals surface area contributed by atoms with Crippen molar-refractivity contribution in [2.75, 3.05) is 7.11 Å². The number of benzene rings is 3. The summed E-state index contributed by atoms with van der Waals surface area (Å²) in [5.41, 5.74) is 4.81. The van der Waals surface area contributed by atoms with Crippen molar-refractivity contribution < 1.29 is 18.7 Å². The Morgan fingerprint density at radius 1 is 0.978 bits per heavy atom. The summed E-state index contributed by atoms with van der Waals surface area (Å²) >= 11 is 0. The summed E-state index contributed by atoms with van der Waals surface area (Å²) in [6.45, 7) is 0.522. The second-order valence-electron chi connectivity index (χ2n) is 11.4. The summed E-state index contributed by atoms with van der Waals surface area (Å²) in [7, 11) is 1.34. The Hall–Kier alpha value is -6.05. The van der Waals surface area contributed by atoms with Crippen LogP contribution in [0.25, 0.3) is 22.3 Å². The number of rotatable bonds is 10. The molecule has 2 heterocycles. The number of nitriles is 3. The first-order chi connectivity index (χ1) is 22.3. The number of halogens is 1. The van der Waals surface area contributed by atoms with Gasteiger partial charge >= 0.3 is 5.97 Å². The summed E-state index contributed by atoms with van der Waals surface area (Å²) in [5.74, 6) is 0.0461. The molecule has 5 aromatic rings. The minimum Gasteiger partial charge on any atom is -0.473 e. The number of carbonyl (C=O) groups is 1. The molecular weight excluding hydrogens is 583 g/mol. The molecule has 0 radical (unpaired) electrons. The predicted octanol–water partition coefficient (Wildman–Crippen LogP) is 6.63. The van der Waals surface area contributed by atoms with Crippen molar-refractivity contribution in [3.8, 4) is 35.3 Å². The fourth-order valence-electron chi connectivity index (χ4n) is 5.51. The summed E-state index contributed by atoms with van der Waals surface area (Å²) < 4.78 is 27.0. The van der Waals surface area contributed by atoms with Crippen LogP contribution in [0.4, 0.5) is 4.39 Å². The summed E-state index contributed by atoms with van der Waals surface area (Å²) in [6.07, 6.45) is 2.67. The lowest BCUT2D eigenvalue weighted by atomic mass is 9.99. The molecule has 0 amide bonds. The maximum absolute atomic E-state index is 14.3. The third-order valence-electron chi connectivity index (χ3n) is 8.31. The lowest BCUT2D eigenvalue weighted by Crippen LogP contribution is -2.15. The number of carbonyl (C=O) groups excluding carboxylic acids is 1. The maximum Gasteiger partial charge on any atom is 0.337 e. The molecule has 0 N–H and O–H groups in total. The highest BCUT2D eigenvalue weighted by atomic mass is 19.1. The smallest absolute Gasteiger partial charge is 0.337 e. The first-order valence-electron chi connectivity index (χ1n) is 14.6. The van der Waals surface area contributed by atoms with Gasteiger partial charge in [0.15, 0.2) is 0 Å². The van der Waals surface area contributed by atoms with Crippen molar-refractivity contribution in [1.29, 1.82) is 15.8 Å². The normalized spacial score (nSPS) is 12.9. The first kappa shape index (κ1) is 30.0. The van der Waals surface area contributed by atoms with Crippen molar-refractivity contribution >= 4 is 17.0 Å². The zero-order valence-corrected chi connectivity index (χ0v) is 25.0. The molecule has 9 nitrogen and oxygen atoms in total. The zero-order chi connectivity index (χ0) is 32.3. The van der Waals surface area contributed by atoms with Crippen molar-refractivity contribution in [3.05, 3.63) is 112 Å². The van der Waals surface area contributed by atoms with Crippen LogP contribution in [0.15, 0.2) is 72.8 Å². The zero-order valence-electron chi connectivity index (χ0n) is 25.0. The number of methoxy groups -OCH3 is 1. The van der Waals surface area contributed by atoms with E-state index >= 15 is 0 Å². The van der Waals surface area contributed by atoms with E-state index in [-0.39, 0.29) is 23.5 Å². The third kappa shape index (κ3) is 6.13. The van der Waals surface area contributed by atoms with Gasteiger partial charge in [-0.05, 0) is 60.9 Å². The second kappa shape index (κ2) is 12.5. The van der Waals surface area contributed by atoms with Gasteiger partial charge in [0.05, 0.1) is 58.7 Å². The predicted molar refractivity (Wildman–Crippen MR) is 166 cm³/mol. The molecule has 1 aliphatic rings. The Morgan fingerprint density at radius 2 is 1.80 bits per heavy atom. The van der Waals surface area contributed by atoms with E-state index in [1.165, 1.54) is 25.3 Å². The molecule has 10 heteroatoms. The molecule has 6 rings (SSSR count). The fraction of sp³-hybridized carbons (Fsp3) is 0.222. The second-order valence-corrected chi connectivity index (χ2v) is 11.4. The quantitative estimate of drug-likeness (QED) is 0.161. The Kier molecular flexibility index (Phi) is 8.16. The number of aromatic nitrogens is 3. The summed E-state index contributed by atoms with van der Waals surface area (Å²) in [6, 6.07) is 26.7. The van der Waals surface area contributed by atoms with E-state index in [0.29, 0.717) is 52.9 Å². The van der Waals surface area contributed by atoms with E-state index in [0.717, 1.165) is 29.7 Å². The molecule has 226 valence electrons. The molecule has 1 fully saturated rings. The maximum atomic E-state index is 14.3. The van der Waals surface area contributed by atoms with Gasteiger partial charge in [0.25, 0.3) is 0 Å². The molecule has 0 aliphatic heterocycles. The number of esters is 1. The van der Waals surface area contributed by atoms with Gasteiger partial charge < -0.3 is 14.0 Å². The number of fused-ring (bicyclic) bond motifs is 1. The van der Waals surface area contributed by atoms with Crippen molar-refractivity contribution in [2.45, 2.75) is 38.8 Å². The molecule has 2 aromatic heterocycles. The highest BCUT2D eigenvalue weighted by Gasteiger charge is 2.43. The molecule has 0 bridgehead atoms. The minimum atomic E-state index is -0.528. The Labute approximate surface area is 264 Å². The van der Waals surface area contributed by atoms with Crippen LogP contribution in [0.3, 0.4) is 0 Å². The van der Waals surface area contributed by atoms with Gasteiger partial charge in [-0.15, -0.1) is 0 Å². The van der Waals surface area contributed by atoms with E-state index in [1.807, 2.05) is 18.2 Å². The number of imidazole rings is 1. The van der Waals surface area contributed by atoms with Crippen LogP contribution in [0, 0.1) is 45.2 Å². The van der Waals surface area contributed by atoms with Crippen molar-refractivity contribution in [3.63, 3.8) is 0 Å². The SMILES string of the molecule is COC(=O)c1ccc2nc(Cc3ccc(-c4cccc(OCc5ccc(C#N)cc5F)n4)cc3C#N)n(CC3(CC#N)CC3)c2c1. The van der Waals surface area contributed by atoms with E-state index in [1.54, 1.807) is 42.5 Å². The molecule has 46 heavy (non-hydrogen) atoms. The van der Waals surface area contributed by atoms with Crippen LogP contribution in [-0.2, 0) is 24.3 Å². The lowest BCUT2D eigenvalue weighted by molar-refractivity contribution is 0.0601. The average molecular weight is 611 g/mol. The summed E-state index contributed by atoms with van der Waals surface area (Å²) in [4.78, 5) is 21.7. The highest BCUT2D eigenvalue weighted by molar-refractivity contribution is 5.93. The van der Waals surface area contributed by atoms with E-state index in [4.69, 9.17) is 19.7 Å². The van der Waals surface area contributed by atoms with Crippen LogP contribution in [0.2, 0.25) is 0 Å².